The third-order valence-electron chi connectivity index (χ3n) is 1.80. The van der Waals surface area contributed by atoms with Crippen molar-refractivity contribution in [1.29, 1.82) is 0 Å². The Labute approximate surface area is 101 Å². The van der Waals surface area contributed by atoms with Crippen LogP contribution in [0.2, 0.25) is 8.67 Å². The Morgan fingerprint density at radius 2 is 2.00 bits per heavy atom. The third-order valence-corrected chi connectivity index (χ3v) is 3.29. The fraction of sp³-hybridized carbons (Fsp3) is 0.111. The first-order chi connectivity index (χ1) is 7.06. The van der Waals surface area contributed by atoms with Gasteiger partial charge in [0.05, 0.1) is 10.0 Å². The van der Waals surface area contributed by atoms with Crippen LogP contribution in [0.1, 0.15) is 5.69 Å². The molecule has 0 amide bonds. The van der Waals surface area contributed by atoms with E-state index in [0.29, 0.717) is 14.4 Å². The monoisotopic (exact) mass is 259 g/mol. The van der Waals surface area contributed by atoms with Crippen LogP contribution in [0.3, 0.4) is 0 Å². The standard InChI is InChI=1S/C9H7Cl2N3S/c1-4-2-6(14-9(12)13-4)5-3-7(10)15-8(5)11/h2-3H,1H3,(H2,12,13,14). The maximum Gasteiger partial charge on any atom is 0.220 e. The van der Waals surface area contributed by atoms with Gasteiger partial charge in [-0.1, -0.05) is 23.2 Å². The molecule has 0 atom stereocenters. The minimum atomic E-state index is 0.239. The van der Waals surface area contributed by atoms with E-state index >= 15 is 0 Å². The summed E-state index contributed by atoms with van der Waals surface area (Å²) in [5.74, 6) is 0.239. The van der Waals surface area contributed by atoms with Crippen LogP contribution < -0.4 is 5.73 Å². The van der Waals surface area contributed by atoms with Gasteiger partial charge in [0, 0.05) is 11.3 Å². The van der Waals surface area contributed by atoms with Crippen LogP contribution in [0.5, 0.6) is 0 Å². The van der Waals surface area contributed by atoms with E-state index in [1.165, 1.54) is 11.3 Å². The Balaban J connectivity index is 2.58. The van der Waals surface area contributed by atoms with E-state index in [1.807, 2.05) is 13.0 Å². The summed E-state index contributed by atoms with van der Waals surface area (Å²) in [6, 6.07) is 3.59. The summed E-state index contributed by atoms with van der Waals surface area (Å²) in [5.41, 5.74) is 7.86. The number of hydrogen-bond donors (Lipinski definition) is 1. The van der Waals surface area contributed by atoms with Crippen LogP contribution in [-0.2, 0) is 0 Å². The number of nitrogens with two attached hydrogens (primary N) is 1. The van der Waals surface area contributed by atoms with Crippen molar-refractivity contribution in [2.45, 2.75) is 6.92 Å². The van der Waals surface area contributed by atoms with E-state index in [1.54, 1.807) is 6.07 Å². The smallest absolute Gasteiger partial charge is 0.220 e. The Kier molecular flexibility index (Phi) is 2.82. The Morgan fingerprint density at radius 3 is 2.53 bits per heavy atom. The number of anilines is 1. The SMILES string of the molecule is Cc1cc(-c2cc(Cl)sc2Cl)nc(N)n1. The molecule has 2 aromatic heterocycles. The fourth-order valence-electron chi connectivity index (χ4n) is 1.24. The van der Waals surface area contributed by atoms with Gasteiger partial charge in [-0.2, -0.15) is 0 Å². The van der Waals surface area contributed by atoms with Crippen LogP contribution in [0.4, 0.5) is 5.95 Å². The molecule has 0 aliphatic rings. The second kappa shape index (κ2) is 3.96. The molecule has 3 nitrogen and oxygen atoms in total. The lowest BCUT2D eigenvalue weighted by molar-refractivity contribution is 1.12. The van der Waals surface area contributed by atoms with E-state index in [2.05, 4.69) is 9.97 Å². The maximum atomic E-state index is 6.02. The highest BCUT2D eigenvalue weighted by atomic mass is 35.5. The number of thiophene rings is 1. The summed E-state index contributed by atoms with van der Waals surface area (Å²) in [7, 11) is 0. The van der Waals surface area contributed by atoms with Gasteiger partial charge in [-0.3, -0.25) is 0 Å². The number of hydrogen-bond acceptors (Lipinski definition) is 4. The molecule has 0 fully saturated rings. The van der Waals surface area contributed by atoms with Gasteiger partial charge in [0.25, 0.3) is 0 Å². The molecule has 2 rings (SSSR count). The molecule has 0 aromatic carbocycles. The molecule has 2 heterocycles. The molecule has 0 unspecified atom stereocenters. The fourth-order valence-corrected chi connectivity index (χ4v) is 2.73. The molecule has 6 heteroatoms. The molecule has 0 saturated heterocycles. The number of nitrogen functional groups attached to an aromatic ring is 1. The van der Waals surface area contributed by atoms with Gasteiger partial charge >= 0.3 is 0 Å². The lowest BCUT2D eigenvalue weighted by Crippen LogP contribution is -1.97. The summed E-state index contributed by atoms with van der Waals surface area (Å²) in [6.07, 6.45) is 0. The third kappa shape index (κ3) is 2.22. The Morgan fingerprint density at radius 1 is 1.27 bits per heavy atom. The van der Waals surface area contributed by atoms with Crippen molar-refractivity contribution in [2.75, 3.05) is 5.73 Å². The van der Waals surface area contributed by atoms with Gasteiger partial charge in [0.2, 0.25) is 5.95 Å². The molecule has 0 aliphatic heterocycles. The molecule has 0 aliphatic carbocycles. The predicted molar refractivity (Wildman–Crippen MR) is 64.5 cm³/mol. The minimum absolute atomic E-state index is 0.239. The summed E-state index contributed by atoms with van der Waals surface area (Å²) in [5, 5.41) is 0. The molecule has 78 valence electrons. The molecule has 2 N–H and O–H groups in total. The zero-order chi connectivity index (χ0) is 11.0. The summed E-state index contributed by atoms with van der Waals surface area (Å²) in [4.78, 5) is 8.10. The van der Waals surface area contributed by atoms with Gasteiger partial charge < -0.3 is 5.73 Å². The first-order valence-electron chi connectivity index (χ1n) is 4.12. The maximum absolute atomic E-state index is 6.02. The molecule has 0 bridgehead atoms. The zero-order valence-electron chi connectivity index (χ0n) is 7.79. The number of halogens is 2. The normalized spacial score (nSPS) is 10.6. The van der Waals surface area contributed by atoms with E-state index in [0.717, 1.165) is 11.3 Å². The Hall–Kier alpha value is -0.840. The molecular formula is C9H7Cl2N3S. The largest absolute Gasteiger partial charge is 0.368 e. The molecular weight excluding hydrogens is 253 g/mol. The molecule has 0 saturated carbocycles. The van der Waals surface area contributed by atoms with Crippen molar-refractivity contribution in [3.8, 4) is 11.3 Å². The van der Waals surface area contributed by atoms with Crippen LogP contribution in [0.15, 0.2) is 12.1 Å². The second-order valence-corrected chi connectivity index (χ2v) is 5.28. The zero-order valence-corrected chi connectivity index (χ0v) is 10.1. The highest BCUT2D eigenvalue weighted by Crippen LogP contribution is 2.37. The van der Waals surface area contributed by atoms with Gasteiger partial charge in [0.1, 0.15) is 4.34 Å². The Bertz CT molecular complexity index is 490. The van der Waals surface area contributed by atoms with Gasteiger partial charge in [-0.15, -0.1) is 11.3 Å². The number of aromatic nitrogens is 2. The van der Waals surface area contributed by atoms with Gasteiger partial charge in [-0.25, -0.2) is 9.97 Å². The van der Waals surface area contributed by atoms with Crippen molar-refractivity contribution in [3.63, 3.8) is 0 Å². The van der Waals surface area contributed by atoms with Crippen LogP contribution in [-0.4, -0.2) is 9.97 Å². The van der Waals surface area contributed by atoms with Crippen LogP contribution in [0.25, 0.3) is 11.3 Å². The van der Waals surface area contributed by atoms with E-state index in [4.69, 9.17) is 28.9 Å². The van der Waals surface area contributed by atoms with Gasteiger partial charge in [0.15, 0.2) is 0 Å². The van der Waals surface area contributed by atoms with Crippen molar-refractivity contribution in [3.05, 3.63) is 26.5 Å². The van der Waals surface area contributed by atoms with E-state index < -0.39 is 0 Å². The predicted octanol–water partition coefficient (Wildman–Crippen LogP) is 3.40. The minimum Gasteiger partial charge on any atom is -0.368 e. The van der Waals surface area contributed by atoms with Crippen molar-refractivity contribution in [1.82, 2.24) is 9.97 Å². The average molecular weight is 260 g/mol. The lowest BCUT2D eigenvalue weighted by atomic mass is 10.2. The quantitative estimate of drug-likeness (QED) is 0.854. The second-order valence-electron chi connectivity index (χ2n) is 2.99. The number of aryl methyl sites for hydroxylation is 1. The highest BCUT2D eigenvalue weighted by molar-refractivity contribution is 7.20. The highest BCUT2D eigenvalue weighted by Gasteiger charge is 2.10. The van der Waals surface area contributed by atoms with Crippen molar-refractivity contribution in [2.24, 2.45) is 0 Å². The average Bonchev–Trinajstić information content (AvgIpc) is 2.43. The topological polar surface area (TPSA) is 51.8 Å². The summed E-state index contributed by atoms with van der Waals surface area (Å²) in [6.45, 7) is 1.85. The van der Waals surface area contributed by atoms with Gasteiger partial charge in [-0.05, 0) is 19.1 Å². The molecule has 0 radical (unpaired) electrons. The molecule has 2 aromatic rings. The van der Waals surface area contributed by atoms with Crippen LogP contribution >= 0.6 is 34.5 Å². The summed E-state index contributed by atoms with van der Waals surface area (Å²) < 4.78 is 1.24. The molecule has 0 spiro atoms. The summed E-state index contributed by atoms with van der Waals surface area (Å²) >= 11 is 13.2. The first kappa shape index (κ1) is 10.7. The number of rotatable bonds is 1. The van der Waals surface area contributed by atoms with Crippen molar-refractivity contribution >= 4 is 40.5 Å². The lowest BCUT2D eigenvalue weighted by Gasteiger charge is -2.01. The van der Waals surface area contributed by atoms with Crippen molar-refractivity contribution < 1.29 is 0 Å². The van der Waals surface area contributed by atoms with Crippen LogP contribution in [0, 0.1) is 6.92 Å². The molecule has 15 heavy (non-hydrogen) atoms. The number of nitrogens with zero attached hydrogens (tertiary/aromatic N) is 2. The first-order valence-corrected chi connectivity index (χ1v) is 5.70. The van der Waals surface area contributed by atoms with E-state index in [9.17, 15) is 0 Å². The van der Waals surface area contributed by atoms with E-state index in [-0.39, 0.29) is 5.95 Å².